The van der Waals surface area contributed by atoms with E-state index in [4.69, 9.17) is 38.4 Å². The molecule has 170 valence electrons. The molecule has 2 heterocycles. The fourth-order valence-electron chi connectivity index (χ4n) is 4.58. The van der Waals surface area contributed by atoms with Gasteiger partial charge in [0.2, 0.25) is 11.9 Å². The van der Waals surface area contributed by atoms with Crippen molar-refractivity contribution < 1.29 is 14.3 Å². The minimum atomic E-state index is -0.551. The van der Waals surface area contributed by atoms with Gasteiger partial charge in [0.1, 0.15) is 6.04 Å². The summed E-state index contributed by atoms with van der Waals surface area (Å²) in [5.74, 6) is 1.78. The fourth-order valence-corrected chi connectivity index (χ4v) is 5.09. The largest absolute Gasteiger partial charge is 0.493 e. The van der Waals surface area contributed by atoms with Crippen molar-refractivity contribution in [3.8, 4) is 11.5 Å². The minimum absolute atomic E-state index is 0.000673. The van der Waals surface area contributed by atoms with Crippen molar-refractivity contribution in [2.45, 2.75) is 24.8 Å². The van der Waals surface area contributed by atoms with Crippen LogP contribution >= 0.6 is 23.2 Å². The molecule has 0 spiro atoms. The van der Waals surface area contributed by atoms with Gasteiger partial charge in [0.05, 0.1) is 14.2 Å². The Morgan fingerprint density at radius 3 is 2.61 bits per heavy atom. The van der Waals surface area contributed by atoms with Crippen LogP contribution in [-0.2, 0) is 4.79 Å². The zero-order valence-corrected chi connectivity index (χ0v) is 19.4. The summed E-state index contributed by atoms with van der Waals surface area (Å²) >= 11 is 12.7. The molecule has 0 bridgehead atoms. The summed E-state index contributed by atoms with van der Waals surface area (Å²) in [6, 6.07) is 10.4. The molecule has 0 radical (unpaired) electrons. The zero-order valence-electron chi connectivity index (χ0n) is 17.9. The van der Waals surface area contributed by atoms with Crippen LogP contribution in [0, 0.1) is 0 Å². The smallest absolute Gasteiger partial charge is 0.241 e. The molecule has 33 heavy (non-hydrogen) atoms. The monoisotopic (exact) mass is 485 g/mol. The average molecular weight is 486 g/mol. The Morgan fingerprint density at radius 1 is 1.09 bits per heavy atom. The number of aromatic nitrogens is 3. The van der Waals surface area contributed by atoms with Gasteiger partial charge in [-0.15, -0.1) is 5.10 Å². The van der Waals surface area contributed by atoms with Gasteiger partial charge in [-0.25, -0.2) is 4.68 Å². The SMILES string of the molecule is COc1ccc([C@H]2CC(=O)C3=C(C2)Nc2nc(N)nn2[C@H]3c2ccc(Cl)cc2Cl)cc1OC. The highest BCUT2D eigenvalue weighted by atomic mass is 35.5. The third-order valence-corrected chi connectivity index (χ3v) is 6.63. The van der Waals surface area contributed by atoms with Crippen molar-refractivity contribution in [2.24, 2.45) is 0 Å². The van der Waals surface area contributed by atoms with Crippen LogP contribution in [-0.4, -0.2) is 34.8 Å². The Kier molecular flexibility index (Phi) is 5.42. The molecule has 0 amide bonds. The number of methoxy groups -OCH3 is 2. The second-order valence-electron chi connectivity index (χ2n) is 7.97. The second kappa shape index (κ2) is 8.28. The number of allylic oxidation sites excluding steroid dienone is 2. The molecule has 0 saturated carbocycles. The molecule has 1 aliphatic carbocycles. The molecule has 0 saturated heterocycles. The number of benzene rings is 2. The van der Waals surface area contributed by atoms with Crippen LogP contribution in [0.2, 0.25) is 10.0 Å². The topological polar surface area (TPSA) is 104 Å². The number of anilines is 2. The lowest BCUT2D eigenvalue weighted by molar-refractivity contribution is -0.116. The molecular weight excluding hydrogens is 465 g/mol. The molecule has 2 aliphatic rings. The van der Waals surface area contributed by atoms with Crippen LogP contribution in [0.3, 0.4) is 0 Å². The lowest BCUT2D eigenvalue weighted by Crippen LogP contribution is -2.33. The number of halogens is 2. The van der Waals surface area contributed by atoms with Crippen LogP contribution in [0.1, 0.15) is 35.9 Å². The van der Waals surface area contributed by atoms with Crippen molar-refractivity contribution in [1.82, 2.24) is 14.8 Å². The number of hydrogen-bond acceptors (Lipinski definition) is 7. The van der Waals surface area contributed by atoms with Crippen LogP contribution < -0.4 is 20.5 Å². The van der Waals surface area contributed by atoms with E-state index in [2.05, 4.69) is 15.4 Å². The minimum Gasteiger partial charge on any atom is -0.493 e. The highest BCUT2D eigenvalue weighted by Crippen LogP contribution is 2.46. The summed E-state index contributed by atoms with van der Waals surface area (Å²) in [6.45, 7) is 0. The molecule has 2 atom stereocenters. The lowest BCUT2D eigenvalue weighted by atomic mass is 9.78. The van der Waals surface area contributed by atoms with Gasteiger partial charge in [-0.1, -0.05) is 35.3 Å². The molecule has 1 aliphatic heterocycles. The number of hydrogen-bond donors (Lipinski definition) is 2. The Morgan fingerprint density at radius 2 is 1.88 bits per heavy atom. The van der Waals surface area contributed by atoms with Crippen LogP contribution in [0.4, 0.5) is 11.9 Å². The molecule has 1 aromatic heterocycles. The number of nitrogens with one attached hydrogen (secondary N) is 1. The normalized spacial score (nSPS) is 19.6. The summed E-state index contributed by atoms with van der Waals surface area (Å²) < 4.78 is 12.4. The third kappa shape index (κ3) is 3.69. The van der Waals surface area contributed by atoms with E-state index in [0.717, 1.165) is 11.3 Å². The van der Waals surface area contributed by atoms with E-state index in [1.54, 1.807) is 37.1 Å². The Labute approximate surface area is 200 Å². The maximum absolute atomic E-state index is 13.6. The molecular formula is C23H21Cl2N5O3. The molecule has 2 aromatic carbocycles. The van der Waals surface area contributed by atoms with Crippen molar-refractivity contribution in [2.75, 3.05) is 25.3 Å². The number of rotatable bonds is 4. The first kappa shape index (κ1) is 21.6. The summed E-state index contributed by atoms with van der Waals surface area (Å²) in [5.41, 5.74) is 8.98. The van der Waals surface area contributed by atoms with Gasteiger partial charge in [-0.05, 0) is 42.2 Å². The van der Waals surface area contributed by atoms with Gasteiger partial charge >= 0.3 is 0 Å². The van der Waals surface area contributed by atoms with E-state index in [1.807, 2.05) is 18.2 Å². The van der Waals surface area contributed by atoms with Gasteiger partial charge in [-0.2, -0.15) is 4.98 Å². The maximum Gasteiger partial charge on any atom is 0.241 e. The number of ether oxygens (including phenoxy) is 2. The average Bonchev–Trinajstić information content (AvgIpc) is 3.17. The number of carbonyl (C=O) groups excluding carboxylic acids is 1. The lowest BCUT2D eigenvalue weighted by Gasteiger charge is -2.35. The number of ketones is 1. The Balaban J connectivity index is 1.59. The number of nitrogens with two attached hydrogens (primary N) is 1. The van der Waals surface area contributed by atoms with Gasteiger partial charge in [0.25, 0.3) is 0 Å². The Hall–Kier alpha value is -3.23. The highest BCUT2D eigenvalue weighted by Gasteiger charge is 2.40. The standard InChI is InChI=1S/C23H21Cl2N5O3/c1-32-18-6-3-11(9-19(18)33-2)12-7-16-20(17(31)8-12)21(14-5-4-13(24)10-15(14)25)30-23(27-16)28-22(26)29-30/h3-6,9-10,12,21H,7-8H2,1-2H3,(H3,26,27,28,29)/t12-,21+/m1/s1. The van der Waals surface area contributed by atoms with E-state index in [0.29, 0.717) is 51.5 Å². The van der Waals surface area contributed by atoms with Gasteiger partial charge in [0.15, 0.2) is 17.3 Å². The van der Waals surface area contributed by atoms with Crippen molar-refractivity contribution >= 4 is 40.9 Å². The molecule has 0 unspecified atom stereocenters. The summed E-state index contributed by atoms with van der Waals surface area (Å²) in [5, 5.41) is 8.55. The first-order chi connectivity index (χ1) is 15.9. The quantitative estimate of drug-likeness (QED) is 0.556. The van der Waals surface area contributed by atoms with E-state index >= 15 is 0 Å². The molecule has 10 heteroatoms. The van der Waals surface area contributed by atoms with Crippen LogP contribution in [0.5, 0.6) is 11.5 Å². The molecule has 5 rings (SSSR count). The highest BCUT2D eigenvalue weighted by molar-refractivity contribution is 6.35. The summed E-state index contributed by atoms with van der Waals surface area (Å²) in [7, 11) is 3.18. The Bertz CT molecular complexity index is 1300. The predicted molar refractivity (Wildman–Crippen MR) is 126 cm³/mol. The van der Waals surface area contributed by atoms with Gasteiger partial charge in [-0.3, -0.25) is 4.79 Å². The van der Waals surface area contributed by atoms with Gasteiger partial charge < -0.3 is 20.5 Å². The molecule has 3 aromatic rings. The van der Waals surface area contributed by atoms with E-state index in [1.165, 1.54) is 0 Å². The number of fused-ring (bicyclic) bond motifs is 1. The van der Waals surface area contributed by atoms with Crippen molar-refractivity contribution in [3.63, 3.8) is 0 Å². The van der Waals surface area contributed by atoms with Crippen LogP contribution in [0.25, 0.3) is 0 Å². The van der Waals surface area contributed by atoms with Crippen LogP contribution in [0.15, 0.2) is 47.7 Å². The maximum atomic E-state index is 13.6. The number of nitrogens with zero attached hydrogens (tertiary/aromatic N) is 3. The molecule has 8 nitrogen and oxygen atoms in total. The molecule has 3 N–H and O–H groups in total. The first-order valence-electron chi connectivity index (χ1n) is 10.3. The number of nitrogen functional groups attached to an aromatic ring is 1. The van der Waals surface area contributed by atoms with E-state index in [9.17, 15) is 4.79 Å². The first-order valence-corrected chi connectivity index (χ1v) is 11.1. The van der Waals surface area contributed by atoms with Crippen molar-refractivity contribution in [1.29, 1.82) is 0 Å². The fraction of sp³-hybridized carbons (Fsp3) is 0.261. The summed E-state index contributed by atoms with van der Waals surface area (Å²) in [4.78, 5) is 17.9. The number of carbonyl (C=O) groups is 1. The predicted octanol–water partition coefficient (Wildman–Crippen LogP) is 4.60. The second-order valence-corrected chi connectivity index (χ2v) is 8.81. The summed E-state index contributed by atoms with van der Waals surface area (Å²) in [6.07, 6.45) is 0.933. The third-order valence-electron chi connectivity index (χ3n) is 6.07. The zero-order chi connectivity index (χ0) is 23.3. The van der Waals surface area contributed by atoms with E-state index in [-0.39, 0.29) is 17.6 Å². The molecule has 0 fully saturated rings. The van der Waals surface area contributed by atoms with Crippen molar-refractivity contribution in [3.05, 3.63) is 68.8 Å². The number of Topliss-reactive ketones (excluding diaryl/α,β-unsaturated/α-hetero) is 1. The van der Waals surface area contributed by atoms with Gasteiger partial charge in [0, 0.05) is 33.3 Å². The van der Waals surface area contributed by atoms with E-state index < -0.39 is 6.04 Å².